The second-order valence-electron chi connectivity index (χ2n) is 5.25. The topological polar surface area (TPSA) is 32.7 Å². The number of nitrogens with zero attached hydrogens (tertiary/aromatic N) is 2. The Morgan fingerprint density at radius 3 is 2.27 bits per heavy atom. The first kappa shape index (κ1) is 14.2. The summed E-state index contributed by atoms with van der Waals surface area (Å²) in [6, 6.07) is 13.6. The van der Waals surface area contributed by atoms with Crippen molar-refractivity contribution in [3.8, 4) is 0 Å². The molecule has 1 amide bonds. The van der Waals surface area contributed by atoms with Crippen LogP contribution in [-0.4, -0.2) is 11.6 Å². The second-order valence-corrected chi connectivity index (χ2v) is 5.25. The van der Waals surface area contributed by atoms with Gasteiger partial charge in [-0.1, -0.05) is 29.8 Å². The number of anilines is 1. The lowest BCUT2D eigenvalue weighted by atomic mass is 10.1. The van der Waals surface area contributed by atoms with Crippen LogP contribution in [0.5, 0.6) is 0 Å². The van der Waals surface area contributed by atoms with E-state index in [-0.39, 0.29) is 11.7 Å². The number of amides is 1. The zero-order valence-corrected chi connectivity index (χ0v) is 12.4. The first-order chi connectivity index (χ1) is 10.5. The zero-order valence-electron chi connectivity index (χ0n) is 12.4. The predicted molar refractivity (Wildman–Crippen MR) is 86.2 cm³/mol. The molecule has 0 fully saturated rings. The molecule has 3 nitrogen and oxygen atoms in total. The van der Waals surface area contributed by atoms with E-state index in [0.717, 1.165) is 16.8 Å². The third kappa shape index (κ3) is 2.68. The third-order valence-electron chi connectivity index (χ3n) is 3.52. The van der Waals surface area contributed by atoms with Crippen molar-refractivity contribution in [3.63, 3.8) is 0 Å². The normalized spacial score (nSPS) is 16.3. The smallest absolute Gasteiger partial charge is 0.267 e. The first-order valence-corrected chi connectivity index (χ1v) is 6.98. The Kier molecular flexibility index (Phi) is 3.59. The van der Waals surface area contributed by atoms with Gasteiger partial charge in [-0.3, -0.25) is 4.79 Å². The van der Waals surface area contributed by atoms with Crippen molar-refractivity contribution in [3.05, 3.63) is 71.0 Å². The lowest BCUT2D eigenvalue weighted by molar-refractivity contribution is -0.114. The molecule has 0 aliphatic carbocycles. The largest absolute Gasteiger partial charge is 0.280 e. The number of aryl methyl sites for hydroxylation is 1. The molecule has 2 aromatic rings. The summed E-state index contributed by atoms with van der Waals surface area (Å²) in [7, 11) is 0. The Morgan fingerprint density at radius 2 is 1.64 bits per heavy atom. The highest BCUT2D eigenvalue weighted by molar-refractivity contribution is 6.32. The highest BCUT2D eigenvalue weighted by atomic mass is 19.1. The summed E-state index contributed by atoms with van der Waals surface area (Å²) < 4.78 is 12.9. The molecule has 3 rings (SSSR count). The summed E-state index contributed by atoms with van der Waals surface area (Å²) >= 11 is 0. The average Bonchev–Trinajstić information content (AvgIpc) is 2.78. The van der Waals surface area contributed by atoms with Crippen LogP contribution in [0.15, 0.2) is 59.2 Å². The second kappa shape index (κ2) is 5.56. The number of carbonyl (C=O) groups excluding carboxylic acids is 1. The van der Waals surface area contributed by atoms with E-state index in [2.05, 4.69) is 5.10 Å². The van der Waals surface area contributed by atoms with Crippen molar-refractivity contribution in [1.29, 1.82) is 0 Å². The van der Waals surface area contributed by atoms with E-state index in [1.165, 1.54) is 17.1 Å². The maximum absolute atomic E-state index is 12.9. The van der Waals surface area contributed by atoms with Crippen molar-refractivity contribution >= 4 is 23.4 Å². The maximum atomic E-state index is 12.9. The van der Waals surface area contributed by atoms with E-state index < -0.39 is 0 Å². The number of rotatable bonds is 2. The van der Waals surface area contributed by atoms with Crippen molar-refractivity contribution in [1.82, 2.24) is 0 Å². The predicted octanol–water partition coefficient (Wildman–Crippen LogP) is 3.94. The summed E-state index contributed by atoms with van der Waals surface area (Å²) in [4.78, 5) is 12.5. The van der Waals surface area contributed by atoms with Gasteiger partial charge in [-0.15, -0.1) is 0 Å². The number of hydrogen-bond acceptors (Lipinski definition) is 2. The van der Waals surface area contributed by atoms with Crippen LogP contribution in [0.2, 0.25) is 0 Å². The lowest BCUT2D eigenvalue weighted by Crippen LogP contribution is -2.21. The van der Waals surface area contributed by atoms with Gasteiger partial charge in [0.2, 0.25) is 0 Å². The van der Waals surface area contributed by atoms with Crippen LogP contribution in [0.1, 0.15) is 18.1 Å². The summed E-state index contributed by atoms with van der Waals surface area (Å²) in [6.07, 6.45) is 1.73. The Hall–Kier alpha value is -2.75. The number of halogens is 1. The van der Waals surface area contributed by atoms with E-state index in [0.29, 0.717) is 11.3 Å². The van der Waals surface area contributed by atoms with Crippen LogP contribution < -0.4 is 5.01 Å². The maximum Gasteiger partial charge on any atom is 0.280 e. The molecule has 0 atom stereocenters. The summed E-state index contributed by atoms with van der Waals surface area (Å²) in [5, 5.41) is 5.72. The SMILES string of the molecule is CC1=NN(c2ccc(C)cc2)C(=O)/C1=C/c1ccc(F)cc1. The Morgan fingerprint density at radius 1 is 1.00 bits per heavy atom. The van der Waals surface area contributed by atoms with Gasteiger partial charge in [-0.25, -0.2) is 4.39 Å². The van der Waals surface area contributed by atoms with E-state index in [1.807, 2.05) is 31.2 Å². The van der Waals surface area contributed by atoms with Crippen LogP contribution in [0.3, 0.4) is 0 Å². The fourth-order valence-corrected chi connectivity index (χ4v) is 2.27. The van der Waals surface area contributed by atoms with Gasteiger partial charge in [-0.05, 0) is 49.8 Å². The van der Waals surface area contributed by atoms with E-state index in [1.54, 1.807) is 25.1 Å². The molecule has 0 aromatic heterocycles. The number of hydrogen-bond donors (Lipinski definition) is 0. The zero-order chi connectivity index (χ0) is 15.7. The van der Waals surface area contributed by atoms with Crippen molar-refractivity contribution < 1.29 is 9.18 Å². The molecule has 0 unspecified atom stereocenters. The van der Waals surface area contributed by atoms with Crippen LogP contribution in [0.4, 0.5) is 10.1 Å². The quantitative estimate of drug-likeness (QED) is 0.772. The fourth-order valence-electron chi connectivity index (χ4n) is 2.27. The minimum atomic E-state index is -0.299. The van der Waals surface area contributed by atoms with Crippen molar-refractivity contribution in [2.24, 2.45) is 5.10 Å². The molecule has 1 aliphatic rings. The molecule has 110 valence electrons. The molecular formula is C18H15FN2O. The number of benzene rings is 2. The molecule has 0 radical (unpaired) electrons. The molecule has 0 saturated heterocycles. The fraction of sp³-hybridized carbons (Fsp3) is 0.111. The van der Waals surface area contributed by atoms with E-state index >= 15 is 0 Å². The van der Waals surface area contributed by atoms with Gasteiger partial charge in [0.1, 0.15) is 5.82 Å². The molecule has 22 heavy (non-hydrogen) atoms. The molecule has 0 saturated carbocycles. The monoisotopic (exact) mass is 294 g/mol. The van der Waals surface area contributed by atoms with Gasteiger partial charge in [0.05, 0.1) is 17.0 Å². The van der Waals surface area contributed by atoms with Crippen LogP contribution in [-0.2, 0) is 4.79 Å². The number of carbonyl (C=O) groups is 1. The van der Waals surface area contributed by atoms with Gasteiger partial charge in [0.25, 0.3) is 5.91 Å². The Bertz CT molecular complexity index is 774. The van der Waals surface area contributed by atoms with Crippen molar-refractivity contribution in [2.75, 3.05) is 5.01 Å². The van der Waals surface area contributed by atoms with Gasteiger partial charge in [-0.2, -0.15) is 10.1 Å². The molecule has 2 aromatic carbocycles. The first-order valence-electron chi connectivity index (χ1n) is 6.98. The third-order valence-corrected chi connectivity index (χ3v) is 3.52. The molecule has 4 heteroatoms. The van der Waals surface area contributed by atoms with E-state index in [4.69, 9.17) is 0 Å². The molecule has 1 aliphatic heterocycles. The van der Waals surface area contributed by atoms with Crippen LogP contribution in [0.25, 0.3) is 6.08 Å². The average molecular weight is 294 g/mol. The summed E-state index contributed by atoms with van der Waals surface area (Å²) in [6.45, 7) is 3.78. The minimum Gasteiger partial charge on any atom is -0.267 e. The van der Waals surface area contributed by atoms with Crippen molar-refractivity contribution in [2.45, 2.75) is 13.8 Å². The Balaban J connectivity index is 1.92. The van der Waals surface area contributed by atoms with Gasteiger partial charge < -0.3 is 0 Å². The van der Waals surface area contributed by atoms with Gasteiger partial charge >= 0.3 is 0 Å². The van der Waals surface area contributed by atoms with E-state index in [9.17, 15) is 9.18 Å². The highest BCUT2D eigenvalue weighted by Crippen LogP contribution is 2.25. The number of hydrazone groups is 1. The molecule has 1 heterocycles. The van der Waals surface area contributed by atoms with Gasteiger partial charge in [0.15, 0.2) is 0 Å². The summed E-state index contributed by atoms with van der Waals surface area (Å²) in [5.74, 6) is -0.475. The highest BCUT2D eigenvalue weighted by Gasteiger charge is 2.28. The molecule has 0 N–H and O–H groups in total. The lowest BCUT2D eigenvalue weighted by Gasteiger charge is -2.11. The Labute approximate surface area is 128 Å². The minimum absolute atomic E-state index is 0.175. The molecular weight excluding hydrogens is 279 g/mol. The van der Waals surface area contributed by atoms with Crippen LogP contribution in [0, 0.1) is 12.7 Å². The molecule has 0 spiro atoms. The van der Waals surface area contributed by atoms with Gasteiger partial charge in [0, 0.05) is 0 Å². The summed E-state index contributed by atoms with van der Waals surface area (Å²) in [5.41, 5.74) is 3.79. The molecule has 0 bridgehead atoms. The standard InChI is InChI=1S/C18H15FN2O/c1-12-3-9-16(10-4-12)21-18(22)17(13(2)20-21)11-14-5-7-15(19)8-6-14/h3-11H,1-2H3/b17-11+. The van der Waals surface area contributed by atoms with Crippen LogP contribution >= 0.6 is 0 Å².